The van der Waals surface area contributed by atoms with Gasteiger partial charge in [0.2, 0.25) is 5.91 Å². The first-order chi connectivity index (χ1) is 12.8. The molecular formula is C19H37N3O4S. The molecule has 0 fully saturated rings. The van der Waals surface area contributed by atoms with Crippen LogP contribution in [0, 0.1) is 5.92 Å². The molecule has 5 N–H and O–H groups in total. The molecule has 1 amide bonds. The number of aliphatic hydroxyl groups excluding tert-OH is 1. The van der Waals surface area contributed by atoms with E-state index in [2.05, 4.69) is 31.8 Å². The van der Waals surface area contributed by atoms with Gasteiger partial charge in [0, 0.05) is 37.9 Å². The summed E-state index contributed by atoms with van der Waals surface area (Å²) in [6.45, 7) is 6.20. The molecule has 0 bridgehead atoms. The van der Waals surface area contributed by atoms with Crippen molar-refractivity contribution >= 4 is 24.5 Å². The standard InChI is InChI=1S/C19H37N3O4S/c1-4-11-22(17(24)9-7-6-8-15(3)5-2)19(10-12-23,18(25)26)21-13-16(20)14-27/h7,9,15-16,21,23,27H,4-6,8,10-14,20H2,1-3H3,(H,25,26)/t15-,16+,19+/m0/s1. The van der Waals surface area contributed by atoms with E-state index in [-0.39, 0.29) is 38.1 Å². The highest BCUT2D eigenvalue weighted by Crippen LogP contribution is 2.20. The van der Waals surface area contributed by atoms with E-state index < -0.39 is 11.6 Å². The number of carboxylic acid groups (broad SMARTS) is 1. The largest absolute Gasteiger partial charge is 0.478 e. The number of hydrogen-bond acceptors (Lipinski definition) is 6. The Morgan fingerprint density at radius 2 is 2.04 bits per heavy atom. The summed E-state index contributed by atoms with van der Waals surface area (Å²) in [6.07, 6.45) is 6.51. The monoisotopic (exact) mass is 403 g/mol. The summed E-state index contributed by atoms with van der Waals surface area (Å²) in [5, 5.41) is 22.3. The average molecular weight is 404 g/mol. The molecule has 0 spiro atoms. The minimum atomic E-state index is -1.70. The van der Waals surface area contributed by atoms with E-state index in [1.54, 1.807) is 6.08 Å². The van der Waals surface area contributed by atoms with Crippen LogP contribution in [0.3, 0.4) is 0 Å². The Kier molecular flexibility index (Phi) is 13.4. The van der Waals surface area contributed by atoms with Crippen molar-refractivity contribution in [1.29, 1.82) is 0 Å². The van der Waals surface area contributed by atoms with Crippen molar-refractivity contribution in [3.8, 4) is 0 Å². The van der Waals surface area contributed by atoms with Gasteiger partial charge in [-0.3, -0.25) is 10.1 Å². The van der Waals surface area contributed by atoms with Crippen molar-refractivity contribution in [2.75, 3.05) is 25.4 Å². The van der Waals surface area contributed by atoms with Gasteiger partial charge in [0.25, 0.3) is 0 Å². The number of carbonyl (C=O) groups excluding carboxylic acids is 1. The molecule has 7 nitrogen and oxygen atoms in total. The number of carboxylic acids is 1. The number of nitrogens with two attached hydrogens (primary N) is 1. The Bertz CT molecular complexity index is 476. The predicted molar refractivity (Wildman–Crippen MR) is 112 cm³/mol. The molecule has 8 heteroatoms. The quantitative estimate of drug-likeness (QED) is 0.161. The number of carbonyl (C=O) groups is 2. The van der Waals surface area contributed by atoms with Crippen molar-refractivity contribution in [3.63, 3.8) is 0 Å². The van der Waals surface area contributed by atoms with E-state index in [0.717, 1.165) is 19.3 Å². The van der Waals surface area contributed by atoms with Crippen LogP contribution in [0.5, 0.6) is 0 Å². The van der Waals surface area contributed by atoms with Crippen molar-refractivity contribution in [3.05, 3.63) is 12.2 Å². The fraction of sp³-hybridized carbons (Fsp3) is 0.789. The first-order valence-corrected chi connectivity index (χ1v) is 10.4. The van der Waals surface area contributed by atoms with E-state index in [0.29, 0.717) is 18.1 Å². The zero-order valence-corrected chi connectivity index (χ0v) is 17.8. The van der Waals surface area contributed by atoms with E-state index in [1.165, 1.54) is 11.0 Å². The molecule has 27 heavy (non-hydrogen) atoms. The van der Waals surface area contributed by atoms with Crippen LogP contribution < -0.4 is 11.1 Å². The third-order valence-electron chi connectivity index (χ3n) is 4.68. The van der Waals surface area contributed by atoms with Gasteiger partial charge in [-0.25, -0.2) is 4.79 Å². The third kappa shape index (κ3) is 8.64. The molecule has 0 aliphatic rings. The van der Waals surface area contributed by atoms with Crippen LogP contribution in [0.1, 0.15) is 52.9 Å². The number of hydrogen-bond donors (Lipinski definition) is 5. The highest BCUT2D eigenvalue weighted by atomic mass is 32.1. The predicted octanol–water partition coefficient (Wildman–Crippen LogP) is 1.62. The molecule has 0 heterocycles. The molecular weight excluding hydrogens is 366 g/mol. The molecule has 158 valence electrons. The summed E-state index contributed by atoms with van der Waals surface area (Å²) in [4.78, 5) is 26.2. The Morgan fingerprint density at radius 3 is 2.52 bits per heavy atom. The van der Waals surface area contributed by atoms with Gasteiger partial charge in [-0.05, 0) is 31.3 Å². The number of nitrogens with zero attached hydrogens (tertiary/aromatic N) is 1. The van der Waals surface area contributed by atoms with Gasteiger partial charge >= 0.3 is 5.97 Å². The van der Waals surface area contributed by atoms with Gasteiger partial charge in [0.15, 0.2) is 5.66 Å². The van der Waals surface area contributed by atoms with Crippen molar-refractivity contribution in [1.82, 2.24) is 10.2 Å². The first-order valence-electron chi connectivity index (χ1n) is 9.72. The Morgan fingerprint density at radius 1 is 1.37 bits per heavy atom. The lowest BCUT2D eigenvalue weighted by atomic mass is 10.0. The van der Waals surface area contributed by atoms with Crippen LogP contribution in [-0.2, 0) is 9.59 Å². The van der Waals surface area contributed by atoms with Gasteiger partial charge in [0.1, 0.15) is 0 Å². The molecule has 0 aliphatic carbocycles. The van der Waals surface area contributed by atoms with Crippen LogP contribution in [-0.4, -0.2) is 64.1 Å². The maximum Gasteiger partial charge on any atom is 0.345 e. The Labute approximate surface area is 168 Å². The first kappa shape index (κ1) is 25.9. The molecule has 0 aliphatic heterocycles. The van der Waals surface area contributed by atoms with Gasteiger partial charge in [0.05, 0.1) is 0 Å². The normalized spacial score (nSPS) is 16.1. The van der Waals surface area contributed by atoms with Crippen LogP contribution in [0.2, 0.25) is 0 Å². The second-order valence-corrected chi connectivity index (χ2v) is 7.31. The fourth-order valence-corrected chi connectivity index (χ4v) is 2.84. The number of amides is 1. The van der Waals surface area contributed by atoms with Crippen LogP contribution in [0.25, 0.3) is 0 Å². The molecule has 0 saturated heterocycles. The molecule has 0 aromatic carbocycles. The molecule has 0 aromatic heterocycles. The molecule has 0 radical (unpaired) electrons. The highest BCUT2D eigenvalue weighted by molar-refractivity contribution is 7.80. The second kappa shape index (κ2) is 14.0. The minimum Gasteiger partial charge on any atom is -0.478 e. The van der Waals surface area contributed by atoms with Gasteiger partial charge in [-0.1, -0.05) is 33.3 Å². The SMILES string of the molecule is CCCN(C(=O)C=CCC[C@@H](C)CC)[C@@](CCO)(NC[C@@H](N)CS)C(=O)O. The number of aliphatic hydroxyl groups is 1. The van der Waals surface area contributed by atoms with Crippen LogP contribution in [0.15, 0.2) is 12.2 Å². The average Bonchev–Trinajstić information content (AvgIpc) is 2.65. The molecule has 0 saturated carbocycles. The Balaban J connectivity index is 5.48. The van der Waals surface area contributed by atoms with Crippen LogP contribution in [0.4, 0.5) is 0 Å². The lowest BCUT2D eigenvalue weighted by Gasteiger charge is -2.41. The van der Waals surface area contributed by atoms with E-state index >= 15 is 0 Å². The van der Waals surface area contributed by atoms with Crippen molar-refractivity contribution in [2.45, 2.75) is 64.6 Å². The van der Waals surface area contributed by atoms with Gasteiger partial charge < -0.3 is 20.8 Å². The summed E-state index contributed by atoms with van der Waals surface area (Å²) in [5.41, 5.74) is 4.15. The molecule has 3 atom stereocenters. The summed E-state index contributed by atoms with van der Waals surface area (Å²) < 4.78 is 0. The maximum atomic E-state index is 12.8. The lowest BCUT2D eigenvalue weighted by Crippen LogP contribution is -2.67. The zero-order chi connectivity index (χ0) is 20.9. The van der Waals surface area contributed by atoms with Gasteiger partial charge in [-0.15, -0.1) is 0 Å². The minimum absolute atomic E-state index is 0.131. The molecule has 0 unspecified atom stereocenters. The van der Waals surface area contributed by atoms with Crippen LogP contribution >= 0.6 is 12.6 Å². The van der Waals surface area contributed by atoms with Gasteiger partial charge in [-0.2, -0.15) is 12.6 Å². The van der Waals surface area contributed by atoms with Crippen molar-refractivity contribution in [2.24, 2.45) is 11.7 Å². The summed E-state index contributed by atoms with van der Waals surface area (Å²) in [5.74, 6) is -0.645. The third-order valence-corrected chi connectivity index (χ3v) is 5.15. The molecule has 0 rings (SSSR count). The number of allylic oxidation sites excluding steroid dienone is 1. The van der Waals surface area contributed by atoms with Crippen molar-refractivity contribution < 1.29 is 19.8 Å². The summed E-state index contributed by atoms with van der Waals surface area (Å²) >= 11 is 4.11. The molecule has 0 aromatic rings. The van der Waals surface area contributed by atoms with E-state index in [4.69, 9.17) is 5.73 Å². The number of thiol groups is 1. The van der Waals surface area contributed by atoms with E-state index in [9.17, 15) is 19.8 Å². The number of rotatable bonds is 15. The number of aliphatic carboxylic acids is 1. The second-order valence-electron chi connectivity index (χ2n) is 6.95. The fourth-order valence-electron chi connectivity index (χ4n) is 2.71. The van der Waals surface area contributed by atoms with E-state index in [1.807, 2.05) is 6.92 Å². The lowest BCUT2D eigenvalue weighted by molar-refractivity contribution is -0.162. The summed E-state index contributed by atoms with van der Waals surface area (Å²) in [7, 11) is 0. The number of nitrogens with one attached hydrogen (secondary N) is 1. The Hall–Kier alpha value is -1.09. The topological polar surface area (TPSA) is 116 Å². The zero-order valence-electron chi connectivity index (χ0n) is 16.9. The smallest absolute Gasteiger partial charge is 0.345 e. The maximum absolute atomic E-state index is 12.8. The highest BCUT2D eigenvalue weighted by Gasteiger charge is 2.45. The summed E-state index contributed by atoms with van der Waals surface area (Å²) in [6, 6.07) is -0.365.